The first-order valence-electron chi connectivity index (χ1n) is 5.11. The van der Waals surface area contributed by atoms with Crippen molar-refractivity contribution in [3.63, 3.8) is 0 Å². The van der Waals surface area contributed by atoms with Gasteiger partial charge in [-0.15, -0.1) is 0 Å². The summed E-state index contributed by atoms with van der Waals surface area (Å²) in [6.07, 6.45) is 1.80. The van der Waals surface area contributed by atoms with Gasteiger partial charge in [0, 0.05) is 11.5 Å². The minimum absolute atomic E-state index is 0.0806. The molecule has 1 aliphatic carbocycles. The van der Waals surface area contributed by atoms with Crippen LogP contribution in [0.1, 0.15) is 6.42 Å². The van der Waals surface area contributed by atoms with Crippen molar-refractivity contribution in [1.82, 2.24) is 0 Å². The second kappa shape index (κ2) is 4.21. The predicted molar refractivity (Wildman–Crippen MR) is 54.5 cm³/mol. The van der Waals surface area contributed by atoms with Gasteiger partial charge in [-0.05, 0) is 6.42 Å². The van der Waals surface area contributed by atoms with Gasteiger partial charge < -0.3 is 19.7 Å². The van der Waals surface area contributed by atoms with Gasteiger partial charge in [0.25, 0.3) is 0 Å². The van der Waals surface area contributed by atoms with Crippen molar-refractivity contribution in [1.29, 1.82) is 0 Å². The van der Waals surface area contributed by atoms with Crippen LogP contribution in [0, 0.1) is 11.8 Å². The van der Waals surface area contributed by atoms with Crippen LogP contribution >= 0.6 is 0 Å². The van der Waals surface area contributed by atoms with E-state index in [-0.39, 0.29) is 11.1 Å². The Bertz CT molecular complexity index is 422. The molecule has 2 rings (SSSR count). The molecule has 0 fully saturated rings. The van der Waals surface area contributed by atoms with E-state index in [0.29, 0.717) is 6.42 Å². The number of carboxylic acids is 1. The van der Waals surface area contributed by atoms with Gasteiger partial charge in [0.1, 0.15) is 0 Å². The van der Waals surface area contributed by atoms with E-state index in [1.807, 2.05) is 0 Å². The fourth-order valence-electron chi connectivity index (χ4n) is 2.29. The maximum atomic E-state index is 11.5. The zero-order chi connectivity index (χ0) is 12.6. The van der Waals surface area contributed by atoms with Gasteiger partial charge >= 0.3 is 11.9 Å². The molecule has 3 unspecified atom stereocenters. The van der Waals surface area contributed by atoms with Gasteiger partial charge in [-0.25, -0.2) is 9.59 Å². The lowest BCUT2D eigenvalue weighted by atomic mass is 9.83. The number of carboxylic acid groups (broad SMARTS) is 1. The number of hydrogen-bond acceptors (Lipinski definition) is 5. The van der Waals surface area contributed by atoms with Crippen molar-refractivity contribution in [3.8, 4) is 0 Å². The summed E-state index contributed by atoms with van der Waals surface area (Å²) in [5.41, 5.74) is 0.340. The van der Waals surface area contributed by atoms with E-state index in [0.717, 1.165) is 6.26 Å². The number of allylic oxidation sites excluding steroid dienone is 1. The summed E-state index contributed by atoms with van der Waals surface area (Å²) in [6, 6.07) is 0. The van der Waals surface area contributed by atoms with E-state index in [9.17, 15) is 14.7 Å². The summed E-state index contributed by atoms with van der Waals surface area (Å²) in [6.45, 7) is 0. The minimum atomic E-state index is -1.24. The molecule has 3 atom stereocenters. The average Bonchev–Trinajstić information content (AvgIpc) is 2.74. The highest BCUT2D eigenvalue weighted by atomic mass is 16.6. The number of carbonyl (C=O) groups excluding carboxylic acids is 1. The highest BCUT2D eigenvalue weighted by Crippen LogP contribution is 2.42. The quantitative estimate of drug-likeness (QED) is 0.662. The average molecular weight is 240 g/mol. The fraction of sp³-hybridized carbons (Fsp3) is 0.455. The molecule has 0 aromatic rings. The van der Waals surface area contributed by atoms with Crippen LogP contribution in [0.3, 0.4) is 0 Å². The standard InChI is InChI=1S/C11H12O6/c1-16-10(14)7-4-17-11(15)8-5(7)2-3-6(8)9(12)13/h3-5,8,11,15H,2H2,1H3,(H,12,13). The molecule has 0 spiro atoms. The van der Waals surface area contributed by atoms with Crippen molar-refractivity contribution < 1.29 is 29.3 Å². The van der Waals surface area contributed by atoms with E-state index < -0.39 is 30.1 Å². The summed E-state index contributed by atoms with van der Waals surface area (Å²) in [5, 5.41) is 18.6. The molecule has 1 heterocycles. The third kappa shape index (κ3) is 1.80. The Morgan fingerprint density at radius 3 is 2.76 bits per heavy atom. The number of carbonyl (C=O) groups is 2. The van der Waals surface area contributed by atoms with Crippen LogP contribution < -0.4 is 0 Å². The van der Waals surface area contributed by atoms with Crippen LogP contribution in [0.4, 0.5) is 0 Å². The summed E-state index contributed by atoms with van der Waals surface area (Å²) in [4.78, 5) is 22.4. The summed E-state index contributed by atoms with van der Waals surface area (Å²) in [7, 11) is 1.24. The van der Waals surface area contributed by atoms with Gasteiger partial charge in [0.05, 0.1) is 24.9 Å². The zero-order valence-corrected chi connectivity index (χ0v) is 9.12. The molecule has 92 valence electrons. The molecule has 0 bridgehead atoms. The number of hydrogen-bond donors (Lipinski definition) is 2. The number of methoxy groups -OCH3 is 1. The first-order valence-corrected chi connectivity index (χ1v) is 5.11. The number of rotatable bonds is 2. The SMILES string of the molecule is COC(=O)C1=COC(O)C2C(C(=O)O)=CCC12. The Balaban J connectivity index is 2.30. The lowest BCUT2D eigenvalue weighted by Gasteiger charge is -2.30. The maximum absolute atomic E-state index is 11.5. The zero-order valence-electron chi connectivity index (χ0n) is 9.12. The van der Waals surface area contributed by atoms with Crippen molar-refractivity contribution >= 4 is 11.9 Å². The normalized spacial score (nSPS) is 30.8. The predicted octanol–water partition coefficient (Wildman–Crippen LogP) is 0.0390. The van der Waals surface area contributed by atoms with E-state index in [1.54, 1.807) is 0 Å². The molecule has 17 heavy (non-hydrogen) atoms. The molecule has 0 amide bonds. The highest BCUT2D eigenvalue weighted by Gasteiger charge is 2.45. The van der Waals surface area contributed by atoms with Gasteiger partial charge in [-0.2, -0.15) is 0 Å². The molecule has 0 radical (unpaired) electrons. The van der Waals surface area contributed by atoms with Crippen molar-refractivity contribution in [3.05, 3.63) is 23.5 Å². The van der Waals surface area contributed by atoms with Crippen LogP contribution in [0.25, 0.3) is 0 Å². The van der Waals surface area contributed by atoms with Gasteiger partial charge in [0.2, 0.25) is 6.29 Å². The molecule has 0 aromatic carbocycles. The molecule has 6 nitrogen and oxygen atoms in total. The van der Waals surface area contributed by atoms with Crippen LogP contribution in [0.15, 0.2) is 23.5 Å². The highest BCUT2D eigenvalue weighted by molar-refractivity contribution is 5.92. The fourth-order valence-corrected chi connectivity index (χ4v) is 2.29. The topological polar surface area (TPSA) is 93.1 Å². The van der Waals surface area contributed by atoms with E-state index in [2.05, 4.69) is 4.74 Å². The van der Waals surface area contributed by atoms with Crippen molar-refractivity contribution in [2.24, 2.45) is 11.8 Å². The van der Waals surface area contributed by atoms with Gasteiger partial charge in [-0.1, -0.05) is 6.08 Å². The number of aliphatic carboxylic acids is 1. The molecule has 0 aromatic heterocycles. The molecule has 2 aliphatic rings. The number of ether oxygens (including phenoxy) is 2. The lowest BCUT2D eigenvalue weighted by molar-refractivity contribution is -0.145. The van der Waals surface area contributed by atoms with Gasteiger partial charge in [-0.3, -0.25) is 0 Å². The van der Waals surface area contributed by atoms with Gasteiger partial charge in [0.15, 0.2) is 0 Å². The number of aliphatic hydroxyl groups excluding tert-OH is 1. The number of fused-ring (bicyclic) bond motifs is 1. The minimum Gasteiger partial charge on any atom is -0.478 e. The Hall–Kier alpha value is -1.82. The Kier molecular flexibility index (Phi) is 2.89. The molecule has 0 saturated heterocycles. The van der Waals surface area contributed by atoms with Crippen LogP contribution in [0.5, 0.6) is 0 Å². The van der Waals surface area contributed by atoms with Crippen molar-refractivity contribution in [2.45, 2.75) is 12.7 Å². The van der Waals surface area contributed by atoms with Crippen LogP contribution in [0.2, 0.25) is 0 Å². The lowest BCUT2D eigenvalue weighted by Crippen LogP contribution is -2.36. The first-order chi connectivity index (χ1) is 8.06. The Labute approximate surface area is 97.1 Å². The van der Waals surface area contributed by atoms with E-state index in [4.69, 9.17) is 9.84 Å². The Morgan fingerprint density at radius 1 is 1.47 bits per heavy atom. The largest absolute Gasteiger partial charge is 0.478 e. The molecule has 2 N–H and O–H groups in total. The summed E-state index contributed by atoms with van der Waals surface area (Å²) in [5.74, 6) is -2.78. The van der Waals surface area contributed by atoms with E-state index in [1.165, 1.54) is 13.2 Å². The van der Waals surface area contributed by atoms with E-state index >= 15 is 0 Å². The molecular formula is C11H12O6. The summed E-state index contributed by atoms with van der Waals surface area (Å²) < 4.78 is 9.49. The summed E-state index contributed by atoms with van der Waals surface area (Å²) >= 11 is 0. The van der Waals surface area contributed by atoms with Crippen molar-refractivity contribution in [2.75, 3.05) is 7.11 Å². The number of aliphatic hydroxyl groups is 1. The second-order valence-corrected chi connectivity index (χ2v) is 3.92. The van der Waals surface area contributed by atoms with Crippen LogP contribution in [-0.2, 0) is 19.1 Å². The smallest absolute Gasteiger partial charge is 0.337 e. The monoisotopic (exact) mass is 240 g/mol. The molecule has 6 heteroatoms. The number of esters is 1. The Morgan fingerprint density at radius 2 is 2.18 bits per heavy atom. The van der Waals surface area contributed by atoms with Crippen LogP contribution in [-0.4, -0.2) is 35.6 Å². The third-order valence-corrected chi connectivity index (χ3v) is 3.09. The second-order valence-electron chi connectivity index (χ2n) is 3.92. The molecule has 1 aliphatic heterocycles. The third-order valence-electron chi connectivity index (χ3n) is 3.09. The first kappa shape index (κ1) is 11.7. The molecule has 0 saturated carbocycles. The maximum Gasteiger partial charge on any atom is 0.337 e. The molecular weight excluding hydrogens is 228 g/mol.